The van der Waals surface area contributed by atoms with Crippen LogP contribution in [0, 0.1) is 17.0 Å². The molecule has 9 heteroatoms. The van der Waals surface area contributed by atoms with Crippen molar-refractivity contribution in [1.82, 2.24) is 4.31 Å². The third-order valence-corrected chi connectivity index (χ3v) is 5.66. The van der Waals surface area contributed by atoms with Crippen LogP contribution in [-0.2, 0) is 10.0 Å². The Labute approximate surface area is 129 Å². The van der Waals surface area contributed by atoms with Crippen molar-refractivity contribution in [3.63, 3.8) is 0 Å². The van der Waals surface area contributed by atoms with Crippen LogP contribution in [0.15, 0.2) is 23.1 Å². The van der Waals surface area contributed by atoms with Crippen LogP contribution in [0.3, 0.4) is 0 Å². The Balaban J connectivity index is 0.00000220. The van der Waals surface area contributed by atoms with E-state index in [2.05, 4.69) is 0 Å². The lowest BCUT2D eigenvalue weighted by Gasteiger charge is -2.23. The van der Waals surface area contributed by atoms with Gasteiger partial charge in [0.15, 0.2) is 0 Å². The number of sulfonamides is 1. The molecule has 118 valence electrons. The first-order valence-corrected chi connectivity index (χ1v) is 7.79. The lowest BCUT2D eigenvalue weighted by Crippen LogP contribution is -2.40. The van der Waals surface area contributed by atoms with E-state index in [1.807, 2.05) is 0 Å². The van der Waals surface area contributed by atoms with Crippen molar-refractivity contribution in [2.45, 2.75) is 30.7 Å². The van der Waals surface area contributed by atoms with Gasteiger partial charge >= 0.3 is 0 Å². The van der Waals surface area contributed by atoms with Gasteiger partial charge in [-0.2, -0.15) is 4.31 Å². The maximum Gasteiger partial charge on any atom is 0.270 e. The standard InChI is InChI=1S/C12H17N3O4S.ClH/c1-9-4-5-10(15(16)17)7-12(9)20(18,19)14-6-2-3-11(14)8-13;/h4-5,7,11H,2-3,6,8,13H2,1H3;1H. The molecule has 0 amide bonds. The number of hydrogen-bond acceptors (Lipinski definition) is 5. The van der Waals surface area contributed by atoms with Gasteiger partial charge in [0.2, 0.25) is 10.0 Å². The van der Waals surface area contributed by atoms with Crippen LogP contribution in [0.4, 0.5) is 5.69 Å². The summed E-state index contributed by atoms with van der Waals surface area (Å²) in [5.74, 6) is 0. The SMILES string of the molecule is Cc1ccc([N+](=O)[O-])cc1S(=O)(=O)N1CCCC1CN.Cl. The smallest absolute Gasteiger partial charge is 0.270 e. The van der Waals surface area contributed by atoms with Crippen LogP contribution in [-0.4, -0.2) is 36.8 Å². The monoisotopic (exact) mass is 335 g/mol. The topological polar surface area (TPSA) is 107 Å². The summed E-state index contributed by atoms with van der Waals surface area (Å²) in [6.07, 6.45) is 1.48. The number of nitrogens with two attached hydrogens (primary N) is 1. The Bertz CT molecular complexity index is 635. The summed E-state index contributed by atoms with van der Waals surface area (Å²) in [7, 11) is -3.74. The second-order valence-corrected chi connectivity index (χ2v) is 6.71. The molecule has 21 heavy (non-hydrogen) atoms. The summed E-state index contributed by atoms with van der Waals surface area (Å²) in [4.78, 5) is 10.2. The Kier molecular flexibility index (Phi) is 5.68. The highest BCUT2D eigenvalue weighted by molar-refractivity contribution is 7.89. The van der Waals surface area contributed by atoms with Crippen molar-refractivity contribution in [1.29, 1.82) is 0 Å². The van der Waals surface area contributed by atoms with E-state index in [1.165, 1.54) is 16.4 Å². The molecular weight excluding hydrogens is 318 g/mol. The summed E-state index contributed by atoms with van der Waals surface area (Å²) in [6.45, 7) is 2.30. The normalized spacial score (nSPS) is 19.2. The van der Waals surface area contributed by atoms with Crippen LogP contribution in [0.1, 0.15) is 18.4 Å². The predicted octanol–water partition coefficient (Wildman–Crippen LogP) is 1.44. The van der Waals surface area contributed by atoms with Gasteiger partial charge in [-0.1, -0.05) is 6.07 Å². The van der Waals surface area contributed by atoms with Gasteiger partial charge in [-0.3, -0.25) is 10.1 Å². The lowest BCUT2D eigenvalue weighted by molar-refractivity contribution is -0.385. The summed E-state index contributed by atoms with van der Waals surface area (Å²) in [5.41, 5.74) is 5.87. The fourth-order valence-corrected chi connectivity index (χ4v) is 4.42. The van der Waals surface area contributed by atoms with E-state index in [4.69, 9.17) is 5.73 Å². The van der Waals surface area contributed by atoms with Crippen LogP contribution >= 0.6 is 12.4 Å². The minimum Gasteiger partial charge on any atom is -0.329 e. The lowest BCUT2D eigenvalue weighted by atomic mass is 10.2. The van der Waals surface area contributed by atoms with Gasteiger partial charge in [0, 0.05) is 31.3 Å². The maximum absolute atomic E-state index is 12.6. The number of aryl methyl sites for hydroxylation is 1. The largest absolute Gasteiger partial charge is 0.329 e. The van der Waals surface area contributed by atoms with E-state index < -0.39 is 14.9 Å². The first-order valence-electron chi connectivity index (χ1n) is 6.35. The zero-order chi connectivity index (χ0) is 14.9. The van der Waals surface area contributed by atoms with Gasteiger partial charge in [0.05, 0.1) is 9.82 Å². The summed E-state index contributed by atoms with van der Waals surface area (Å²) in [6, 6.07) is 3.66. The van der Waals surface area contributed by atoms with Gasteiger partial charge in [-0.25, -0.2) is 8.42 Å². The molecule has 0 aliphatic carbocycles. The first kappa shape index (κ1) is 17.8. The molecule has 1 unspecified atom stereocenters. The van der Waals surface area contributed by atoms with Gasteiger partial charge in [-0.15, -0.1) is 12.4 Å². The maximum atomic E-state index is 12.6. The van der Waals surface area contributed by atoms with Crippen molar-refractivity contribution < 1.29 is 13.3 Å². The summed E-state index contributed by atoms with van der Waals surface area (Å²) >= 11 is 0. The fourth-order valence-electron chi connectivity index (χ4n) is 2.47. The molecule has 1 aromatic rings. The molecule has 0 bridgehead atoms. The van der Waals surface area contributed by atoms with Crippen molar-refractivity contribution in [3.05, 3.63) is 33.9 Å². The number of nitrogens with zero attached hydrogens (tertiary/aromatic N) is 2. The summed E-state index contributed by atoms with van der Waals surface area (Å²) < 4.78 is 26.7. The molecule has 1 aromatic carbocycles. The number of nitro groups is 1. The molecule has 2 N–H and O–H groups in total. The zero-order valence-electron chi connectivity index (χ0n) is 11.6. The van der Waals surface area contributed by atoms with Gasteiger partial charge in [0.25, 0.3) is 5.69 Å². The predicted molar refractivity (Wildman–Crippen MR) is 81.0 cm³/mol. The Morgan fingerprint density at radius 3 is 2.71 bits per heavy atom. The zero-order valence-corrected chi connectivity index (χ0v) is 13.2. The minimum atomic E-state index is -3.74. The second-order valence-electron chi connectivity index (χ2n) is 4.85. The third kappa shape index (κ3) is 3.34. The van der Waals surface area contributed by atoms with Gasteiger partial charge in [-0.05, 0) is 25.3 Å². The highest BCUT2D eigenvalue weighted by Gasteiger charge is 2.35. The molecule has 1 fully saturated rings. The molecular formula is C12H18ClN3O4S. The van der Waals surface area contributed by atoms with Crippen molar-refractivity contribution in [2.24, 2.45) is 5.73 Å². The Morgan fingerprint density at radius 1 is 1.48 bits per heavy atom. The fraction of sp³-hybridized carbons (Fsp3) is 0.500. The van der Waals surface area contributed by atoms with E-state index in [-0.39, 0.29) is 35.6 Å². The number of benzene rings is 1. The van der Waals surface area contributed by atoms with E-state index in [0.29, 0.717) is 12.1 Å². The second kappa shape index (κ2) is 6.69. The van der Waals surface area contributed by atoms with Crippen molar-refractivity contribution in [2.75, 3.05) is 13.1 Å². The molecule has 0 radical (unpaired) electrons. The van der Waals surface area contributed by atoms with Crippen molar-refractivity contribution >= 4 is 28.1 Å². The minimum absolute atomic E-state index is 0. The molecule has 0 spiro atoms. The number of hydrogen-bond donors (Lipinski definition) is 1. The molecule has 1 heterocycles. The Morgan fingerprint density at radius 2 is 2.14 bits per heavy atom. The molecule has 0 saturated carbocycles. The van der Waals surface area contributed by atoms with Crippen LogP contribution < -0.4 is 5.73 Å². The average Bonchev–Trinajstić information content (AvgIpc) is 2.87. The van der Waals surface area contributed by atoms with Gasteiger partial charge in [0.1, 0.15) is 0 Å². The average molecular weight is 336 g/mol. The number of rotatable bonds is 4. The Hall–Kier alpha value is -1.22. The first-order chi connectivity index (χ1) is 9.37. The number of halogens is 1. The van der Waals surface area contributed by atoms with E-state index in [9.17, 15) is 18.5 Å². The molecule has 1 saturated heterocycles. The van der Waals surface area contributed by atoms with Gasteiger partial charge < -0.3 is 5.73 Å². The van der Waals surface area contributed by atoms with E-state index in [0.717, 1.165) is 18.9 Å². The van der Waals surface area contributed by atoms with Crippen LogP contribution in [0.25, 0.3) is 0 Å². The van der Waals surface area contributed by atoms with Crippen molar-refractivity contribution in [3.8, 4) is 0 Å². The third-order valence-electron chi connectivity index (χ3n) is 3.56. The highest BCUT2D eigenvalue weighted by atomic mass is 35.5. The molecule has 2 rings (SSSR count). The molecule has 1 aliphatic heterocycles. The van der Waals surface area contributed by atoms with Crippen LogP contribution in [0.5, 0.6) is 0 Å². The molecule has 1 aliphatic rings. The molecule has 7 nitrogen and oxygen atoms in total. The number of nitro benzene ring substituents is 1. The van der Waals surface area contributed by atoms with Crippen LogP contribution in [0.2, 0.25) is 0 Å². The quantitative estimate of drug-likeness (QED) is 0.661. The number of non-ortho nitro benzene ring substituents is 1. The highest BCUT2D eigenvalue weighted by Crippen LogP contribution is 2.29. The van der Waals surface area contributed by atoms with E-state index >= 15 is 0 Å². The van der Waals surface area contributed by atoms with E-state index in [1.54, 1.807) is 6.92 Å². The molecule has 0 aromatic heterocycles. The summed E-state index contributed by atoms with van der Waals surface area (Å²) in [5, 5.41) is 10.8. The molecule has 1 atom stereocenters.